The van der Waals surface area contributed by atoms with Crippen LogP contribution in [0.25, 0.3) is 0 Å². The number of dihydropyridines is 1. The largest absolute Gasteiger partial charge is 0.466 e. The van der Waals surface area contributed by atoms with Gasteiger partial charge in [-0.2, -0.15) is 13.2 Å². The van der Waals surface area contributed by atoms with Crippen molar-refractivity contribution in [2.75, 3.05) is 34.5 Å². The lowest BCUT2D eigenvalue weighted by molar-refractivity contribution is -0.139. The first-order valence-electron chi connectivity index (χ1n) is 10.0. The highest BCUT2D eigenvalue weighted by molar-refractivity contribution is 7.58. The van der Waals surface area contributed by atoms with E-state index in [-0.39, 0.29) is 41.1 Å². The van der Waals surface area contributed by atoms with Crippen molar-refractivity contribution in [1.29, 1.82) is 0 Å². The van der Waals surface area contributed by atoms with Crippen LogP contribution in [0.3, 0.4) is 0 Å². The van der Waals surface area contributed by atoms with Crippen LogP contribution in [0.1, 0.15) is 30.4 Å². The monoisotopic (exact) mass is 491 g/mol. The molecule has 2 aliphatic rings. The van der Waals surface area contributed by atoms with E-state index in [1.165, 1.54) is 39.3 Å². The first-order valence-corrected chi connectivity index (χ1v) is 11.5. The van der Waals surface area contributed by atoms with E-state index in [9.17, 15) is 22.5 Å². The van der Waals surface area contributed by atoms with Gasteiger partial charge in [0.05, 0.1) is 48.4 Å². The number of alkyl halides is 3. The highest BCUT2D eigenvalue weighted by Gasteiger charge is 2.49. The summed E-state index contributed by atoms with van der Waals surface area (Å²) in [5.41, 5.74) is -1.34. The predicted molar refractivity (Wildman–Crippen MR) is 111 cm³/mol. The molecule has 0 spiro atoms. The lowest BCUT2D eigenvalue weighted by Gasteiger charge is -2.38. The summed E-state index contributed by atoms with van der Waals surface area (Å²) >= 11 is 0. The Hall–Kier alpha value is -2.17. The minimum atomic E-state index is -4.76. The normalized spacial score (nSPS) is 21.3. The van der Waals surface area contributed by atoms with Gasteiger partial charge in [-0.3, -0.25) is 4.57 Å². The van der Waals surface area contributed by atoms with Crippen LogP contribution in [0.2, 0.25) is 0 Å². The van der Waals surface area contributed by atoms with E-state index >= 15 is 0 Å². The summed E-state index contributed by atoms with van der Waals surface area (Å²) in [5.74, 6) is -2.42. The molecule has 0 aliphatic carbocycles. The van der Waals surface area contributed by atoms with Crippen molar-refractivity contribution in [3.05, 3.63) is 57.7 Å². The van der Waals surface area contributed by atoms with Crippen molar-refractivity contribution in [3.63, 3.8) is 0 Å². The summed E-state index contributed by atoms with van der Waals surface area (Å²) in [5, 5.41) is 2.81. The van der Waals surface area contributed by atoms with Crippen LogP contribution in [0.5, 0.6) is 0 Å². The molecule has 1 N–H and O–H groups in total. The number of esters is 1. The van der Waals surface area contributed by atoms with Gasteiger partial charge < -0.3 is 28.6 Å². The number of hydrogen-bond acceptors (Lipinski definition) is 8. The summed E-state index contributed by atoms with van der Waals surface area (Å²) in [4.78, 5) is 13.0. The van der Waals surface area contributed by atoms with E-state index in [0.717, 1.165) is 13.2 Å². The van der Waals surface area contributed by atoms with Gasteiger partial charge in [-0.15, -0.1) is 0 Å². The average Bonchev–Trinajstić information content (AvgIpc) is 2.78. The first kappa shape index (κ1) is 25.5. The molecule has 1 aromatic rings. The van der Waals surface area contributed by atoms with Crippen LogP contribution in [0.4, 0.5) is 13.2 Å². The van der Waals surface area contributed by atoms with Gasteiger partial charge in [0.15, 0.2) is 6.29 Å². The topological polar surface area (TPSA) is 92.3 Å². The Morgan fingerprint density at radius 1 is 1.15 bits per heavy atom. The fraction of sp³-hybridized carbons (Fsp3) is 0.476. The van der Waals surface area contributed by atoms with Crippen molar-refractivity contribution in [2.45, 2.75) is 31.7 Å². The van der Waals surface area contributed by atoms with Gasteiger partial charge in [0.25, 0.3) is 0 Å². The highest BCUT2D eigenvalue weighted by atomic mass is 31.2. The number of nitrogens with one attached hydrogen (secondary N) is 1. The first-order chi connectivity index (χ1) is 15.6. The van der Waals surface area contributed by atoms with Crippen molar-refractivity contribution in [3.8, 4) is 0 Å². The lowest BCUT2D eigenvalue weighted by atomic mass is 9.83. The summed E-state index contributed by atoms with van der Waals surface area (Å²) in [6.45, 7) is 1.69. The van der Waals surface area contributed by atoms with Crippen LogP contribution in [-0.2, 0) is 38.8 Å². The standard InChI is InChI=1S/C21H25F3NO7P/c1-12-18(33(27)31-10-7-11-32-33)15(13-8-5-6-9-14(13)21(22,23)24)16(19(26)28-2)17(25-12)20(29-3)30-4/h5-6,8-9,15,20,25H,7,10-11H2,1-4H3. The number of halogens is 3. The number of carbonyl (C=O) groups is 1. The molecule has 1 aromatic carbocycles. The van der Waals surface area contributed by atoms with Crippen LogP contribution >= 0.6 is 7.60 Å². The zero-order chi connectivity index (χ0) is 24.4. The molecule has 1 fully saturated rings. The second-order valence-electron chi connectivity index (χ2n) is 7.29. The third-order valence-electron chi connectivity index (χ3n) is 5.31. The molecule has 1 unspecified atom stereocenters. The second-order valence-corrected chi connectivity index (χ2v) is 9.29. The maximum absolute atomic E-state index is 14.0. The maximum atomic E-state index is 14.0. The molecule has 1 atom stereocenters. The molecule has 0 bridgehead atoms. The molecule has 0 radical (unpaired) electrons. The summed E-state index contributed by atoms with van der Waals surface area (Å²) in [7, 11) is -0.370. The molecule has 2 heterocycles. The highest BCUT2D eigenvalue weighted by Crippen LogP contribution is 2.65. The fourth-order valence-corrected chi connectivity index (χ4v) is 6.12. The molecular formula is C21H25F3NO7P. The third-order valence-corrected chi connectivity index (χ3v) is 7.54. The Labute approximate surface area is 189 Å². The molecule has 182 valence electrons. The lowest BCUT2D eigenvalue weighted by Crippen LogP contribution is -2.37. The van der Waals surface area contributed by atoms with Gasteiger partial charge in [0, 0.05) is 19.9 Å². The van der Waals surface area contributed by atoms with E-state index < -0.39 is 37.5 Å². The van der Waals surface area contributed by atoms with Crippen LogP contribution in [-0.4, -0.2) is 46.8 Å². The van der Waals surface area contributed by atoms with Crippen LogP contribution in [0, 0.1) is 0 Å². The molecule has 12 heteroatoms. The van der Waals surface area contributed by atoms with E-state index in [1.807, 2.05) is 0 Å². The molecule has 2 aliphatic heterocycles. The molecule has 33 heavy (non-hydrogen) atoms. The molecule has 8 nitrogen and oxygen atoms in total. The Morgan fingerprint density at radius 2 is 1.76 bits per heavy atom. The summed E-state index contributed by atoms with van der Waals surface area (Å²) in [6.07, 6.45) is -5.44. The number of methoxy groups -OCH3 is 3. The molecular weight excluding hydrogens is 466 g/mol. The Kier molecular flexibility index (Phi) is 7.70. The zero-order valence-electron chi connectivity index (χ0n) is 18.5. The number of carbonyl (C=O) groups excluding carboxylic acids is 1. The maximum Gasteiger partial charge on any atom is 0.416 e. The number of ether oxygens (including phenoxy) is 3. The summed E-state index contributed by atoms with van der Waals surface area (Å²) < 4.78 is 82.2. The van der Waals surface area contributed by atoms with E-state index in [1.54, 1.807) is 0 Å². The zero-order valence-corrected chi connectivity index (χ0v) is 19.4. The average molecular weight is 491 g/mol. The molecule has 0 aromatic heterocycles. The van der Waals surface area contributed by atoms with Gasteiger partial charge in [0.2, 0.25) is 0 Å². The Morgan fingerprint density at radius 3 is 2.30 bits per heavy atom. The quantitative estimate of drug-likeness (QED) is 0.358. The smallest absolute Gasteiger partial charge is 0.416 e. The van der Waals surface area contributed by atoms with E-state index in [2.05, 4.69) is 5.32 Å². The minimum Gasteiger partial charge on any atom is -0.466 e. The van der Waals surface area contributed by atoms with Gasteiger partial charge in [-0.25, -0.2) is 4.79 Å². The van der Waals surface area contributed by atoms with Crippen LogP contribution < -0.4 is 5.32 Å². The Balaban J connectivity index is 2.38. The van der Waals surface area contributed by atoms with E-state index in [4.69, 9.17) is 23.3 Å². The van der Waals surface area contributed by atoms with Gasteiger partial charge in [0.1, 0.15) is 0 Å². The van der Waals surface area contributed by atoms with Crippen molar-refractivity contribution in [1.82, 2.24) is 5.32 Å². The number of hydrogen-bond donors (Lipinski definition) is 1. The molecule has 1 saturated heterocycles. The molecule has 3 rings (SSSR count). The van der Waals surface area contributed by atoms with Gasteiger partial charge in [-0.1, -0.05) is 18.2 Å². The number of rotatable bonds is 6. The van der Waals surface area contributed by atoms with E-state index in [0.29, 0.717) is 6.42 Å². The number of benzene rings is 1. The molecule has 0 amide bonds. The minimum absolute atomic E-state index is 0.0266. The third kappa shape index (κ3) is 4.88. The molecule has 0 saturated carbocycles. The SMILES string of the molecule is COC(=O)C1=C(C(OC)OC)NC(C)=C(P2(=O)OCCCO2)C1c1ccccc1C(F)(F)F. The van der Waals surface area contributed by atoms with Crippen molar-refractivity contribution in [2.24, 2.45) is 0 Å². The van der Waals surface area contributed by atoms with Gasteiger partial charge >= 0.3 is 19.7 Å². The summed E-state index contributed by atoms with van der Waals surface area (Å²) in [6, 6.07) is 4.74. The number of allylic oxidation sites excluding steroid dienone is 2. The predicted octanol–water partition coefficient (Wildman–Crippen LogP) is 4.30. The van der Waals surface area contributed by atoms with Crippen LogP contribution in [0.15, 0.2) is 46.5 Å². The second kappa shape index (κ2) is 9.99. The van der Waals surface area contributed by atoms with Crippen molar-refractivity contribution >= 4 is 13.6 Å². The van der Waals surface area contributed by atoms with Crippen molar-refractivity contribution < 1.29 is 45.8 Å². The van der Waals surface area contributed by atoms with Gasteiger partial charge in [-0.05, 0) is 25.0 Å². The fourth-order valence-electron chi connectivity index (χ4n) is 3.98. The Bertz CT molecular complexity index is 1010.